The molecule has 0 atom stereocenters. The first-order valence-electron chi connectivity index (χ1n) is 4.80. The van der Waals surface area contributed by atoms with Crippen LogP contribution in [0.4, 0.5) is 8.78 Å². The Morgan fingerprint density at radius 3 is 2.21 bits per heavy atom. The Kier molecular flexibility index (Phi) is 2.66. The average Bonchev–Trinajstić information content (AvgIpc) is 2.04. The minimum absolute atomic E-state index is 0.239. The lowest BCUT2D eigenvalue weighted by molar-refractivity contribution is -0.0498. The first kappa shape index (κ1) is 9.44. The summed E-state index contributed by atoms with van der Waals surface area (Å²) in [5.41, 5.74) is 1.23. The molecule has 1 aromatic carbocycles. The van der Waals surface area contributed by atoms with E-state index >= 15 is 0 Å². The van der Waals surface area contributed by atoms with Crippen LogP contribution < -0.4 is 4.74 Å². The van der Waals surface area contributed by atoms with E-state index < -0.39 is 6.61 Å². The van der Waals surface area contributed by atoms with E-state index in [1.807, 2.05) is 12.1 Å². The molecule has 3 heteroatoms. The van der Waals surface area contributed by atoms with E-state index in [1.165, 1.54) is 24.8 Å². The fourth-order valence-electron chi connectivity index (χ4n) is 1.66. The van der Waals surface area contributed by atoms with Gasteiger partial charge in [0.2, 0.25) is 0 Å². The van der Waals surface area contributed by atoms with Gasteiger partial charge in [-0.2, -0.15) is 8.78 Å². The van der Waals surface area contributed by atoms with Crippen LogP contribution >= 0.6 is 0 Å². The standard InChI is InChI=1S/C11H12F2O/c12-11(13)14-10-6-4-9(5-7-10)8-2-1-3-8/h4-8,11H,1-3H2. The summed E-state index contributed by atoms with van der Waals surface area (Å²) in [6, 6.07) is 6.97. The first-order valence-corrected chi connectivity index (χ1v) is 4.80. The predicted octanol–water partition coefficient (Wildman–Crippen LogP) is 3.56. The molecular weight excluding hydrogens is 186 g/mol. The zero-order valence-corrected chi connectivity index (χ0v) is 7.75. The van der Waals surface area contributed by atoms with Crippen LogP contribution in [-0.2, 0) is 0 Å². The molecule has 14 heavy (non-hydrogen) atoms. The van der Waals surface area contributed by atoms with E-state index in [9.17, 15) is 8.78 Å². The summed E-state index contributed by atoms with van der Waals surface area (Å²) in [7, 11) is 0. The second kappa shape index (κ2) is 3.95. The zero-order chi connectivity index (χ0) is 9.97. The van der Waals surface area contributed by atoms with Crippen molar-refractivity contribution in [1.82, 2.24) is 0 Å². The van der Waals surface area contributed by atoms with Crippen molar-refractivity contribution in [1.29, 1.82) is 0 Å². The molecule has 0 saturated heterocycles. The van der Waals surface area contributed by atoms with E-state index in [2.05, 4.69) is 4.74 Å². The fourth-order valence-corrected chi connectivity index (χ4v) is 1.66. The maximum absolute atomic E-state index is 11.8. The molecular formula is C11H12F2O. The summed E-state index contributed by atoms with van der Waals surface area (Å²) < 4.78 is 27.9. The van der Waals surface area contributed by atoms with Crippen LogP contribution in [0.1, 0.15) is 30.7 Å². The Hall–Kier alpha value is -1.12. The molecule has 2 rings (SSSR count). The van der Waals surface area contributed by atoms with Crippen molar-refractivity contribution < 1.29 is 13.5 Å². The van der Waals surface area contributed by atoms with Gasteiger partial charge in [-0.15, -0.1) is 0 Å². The molecule has 1 nitrogen and oxygen atoms in total. The average molecular weight is 198 g/mol. The van der Waals surface area contributed by atoms with Crippen LogP contribution in [0.15, 0.2) is 24.3 Å². The van der Waals surface area contributed by atoms with E-state index in [4.69, 9.17) is 0 Å². The van der Waals surface area contributed by atoms with Gasteiger partial charge in [-0.1, -0.05) is 18.6 Å². The molecule has 1 aliphatic carbocycles. The van der Waals surface area contributed by atoms with Crippen molar-refractivity contribution in [3.63, 3.8) is 0 Å². The second-order valence-corrected chi connectivity index (χ2v) is 3.58. The molecule has 0 radical (unpaired) electrons. The van der Waals surface area contributed by atoms with E-state index in [-0.39, 0.29) is 5.75 Å². The molecule has 1 aromatic rings. The number of ether oxygens (including phenoxy) is 1. The van der Waals surface area contributed by atoms with Crippen molar-refractivity contribution >= 4 is 0 Å². The summed E-state index contributed by atoms with van der Waals surface area (Å²) in [6.07, 6.45) is 3.71. The number of rotatable bonds is 3. The maximum atomic E-state index is 11.8. The predicted molar refractivity (Wildman–Crippen MR) is 49.7 cm³/mol. The Morgan fingerprint density at radius 2 is 1.79 bits per heavy atom. The molecule has 0 aromatic heterocycles. The van der Waals surface area contributed by atoms with Gasteiger partial charge in [0.1, 0.15) is 5.75 Å². The lowest BCUT2D eigenvalue weighted by atomic mass is 9.80. The van der Waals surface area contributed by atoms with E-state index in [1.54, 1.807) is 12.1 Å². The van der Waals surface area contributed by atoms with Gasteiger partial charge >= 0.3 is 6.61 Å². The summed E-state index contributed by atoms with van der Waals surface area (Å²) in [6.45, 7) is -2.73. The van der Waals surface area contributed by atoms with Gasteiger partial charge in [-0.3, -0.25) is 0 Å². The smallest absolute Gasteiger partial charge is 0.387 e. The molecule has 0 heterocycles. The minimum atomic E-state index is -2.73. The van der Waals surface area contributed by atoms with Crippen LogP contribution in [0.2, 0.25) is 0 Å². The number of halogens is 2. The van der Waals surface area contributed by atoms with Crippen LogP contribution in [0, 0.1) is 0 Å². The van der Waals surface area contributed by atoms with Crippen molar-refractivity contribution in [2.75, 3.05) is 0 Å². The quantitative estimate of drug-likeness (QED) is 0.721. The van der Waals surface area contributed by atoms with Gasteiger partial charge < -0.3 is 4.74 Å². The van der Waals surface area contributed by atoms with Gasteiger partial charge in [0.25, 0.3) is 0 Å². The number of hydrogen-bond donors (Lipinski definition) is 0. The highest BCUT2D eigenvalue weighted by Gasteiger charge is 2.19. The van der Waals surface area contributed by atoms with Crippen LogP contribution in [0.5, 0.6) is 5.75 Å². The van der Waals surface area contributed by atoms with Crippen LogP contribution in [0.3, 0.4) is 0 Å². The number of hydrogen-bond acceptors (Lipinski definition) is 1. The maximum Gasteiger partial charge on any atom is 0.387 e. The van der Waals surface area contributed by atoms with Crippen molar-refractivity contribution in [2.45, 2.75) is 31.8 Å². The van der Waals surface area contributed by atoms with Crippen LogP contribution in [-0.4, -0.2) is 6.61 Å². The van der Waals surface area contributed by atoms with Gasteiger partial charge in [-0.05, 0) is 36.5 Å². The Bertz CT molecular complexity index is 291. The van der Waals surface area contributed by atoms with Crippen molar-refractivity contribution in [2.24, 2.45) is 0 Å². The lowest BCUT2D eigenvalue weighted by Gasteiger charge is -2.25. The molecule has 1 aliphatic rings. The third-order valence-electron chi connectivity index (χ3n) is 2.68. The summed E-state index contributed by atoms with van der Waals surface area (Å²) in [5, 5.41) is 0. The monoisotopic (exact) mass is 198 g/mol. The van der Waals surface area contributed by atoms with Gasteiger partial charge in [0, 0.05) is 0 Å². The largest absolute Gasteiger partial charge is 0.435 e. The third kappa shape index (κ3) is 2.03. The molecule has 76 valence electrons. The highest BCUT2D eigenvalue weighted by atomic mass is 19.3. The molecule has 0 aliphatic heterocycles. The zero-order valence-electron chi connectivity index (χ0n) is 7.75. The summed E-state index contributed by atoms with van der Waals surface area (Å²) >= 11 is 0. The SMILES string of the molecule is FC(F)Oc1ccc(C2CCC2)cc1. The summed E-state index contributed by atoms with van der Waals surface area (Å²) in [4.78, 5) is 0. The second-order valence-electron chi connectivity index (χ2n) is 3.58. The van der Waals surface area contributed by atoms with Gasteiger partial charge in [-0.25, -0.2) is 0 Å². The van der Waals surface area contributed by atoms with Crippen LogP contribution in [0.25, 0.3) is 0 Å². The molecule has 0 spiro atoms. The number of benzene rings is 1. The van der Waals surface area contributed by atoms with E-state index in [0.717, 1.165) is 0 Å². The molecule has 0 N–H and O–H groups in total. The fraction of sp³-hybridized carbons (Fsp3) is 0.455. The van der Waals surface area contributed by atoms with Crippen molar-refractivity contribution in [3.8, 4) is 5.75 Å². The minimum Gasteiger partial charge on any atom is -0.435 e. The molecule has 0 bridgehead atoms. The topological polar surface area (TPSA) is 9.23 Å². The molecule has 0 amide bonds. The normalized spacial score (nSPS) is 16.8. The first-order chi connectivity index (χ1) is 6.75. The highest BCUT2D eigenvalue weighted by Crippen LogP contribution is 2.36. The Balaban J connectivity index is 2.02. The molecule has 1 saturated carbocycles. The Labute approximate surface area is 81.7 Å². The molecule has 1 fully saturated rings. The Morgan fingerprint density at radius 1 is 1.14 bits per heavy atom. The third-order valence-corrected chi connectivity index (χ3v) is 2.68. The molecule has 0 unspecified atom stereocenters. The van der Waals surface area contributed by atoms with Gasteiger partial charge in [0.05, 0.1) is 0 Å². The highest BCUT2D eigenvalue weighted by molar-refractivity contribution is 5.30. The number of alkyl halides is 2. The van der Waals surface area contributed by atoms with Crippen molar-refractivity contribution in [3.05, 3.63) is 29.8 Å². The van der Waals surface area contributed by atoms with E-state index in [0.29, 0.717) is 5.92 Å². The summed E-state index contributed by atoms with van der Waals surface area (Å²) in [5.74, 6) is 0.874. The lowest BCUT2D eigenvalue weighted by Crippen LogP contribution is -2.08. The van der Waals surface area contributed by atoms with Gasteiger partial charge in [0.15, 0.2) is 0 Å².